The number of esters is 1. The molecule has 0 aliphatic carbocycles. The van der Waals surface area contributed by atoms with Crippen LogP contribution in [0.1, 0.15) is 23.2 Å². The van der Waals surface area contributed by atoms with Crippen molar-refractivity contribution in [3.63, 3.8) is 0 Å². The molecule has 0 radical (unpaired) electrons. The Hall–Kier alpha value is -2.24. The van der Waals surface area contributed by atoms with Gasteiger partial charge in [-0.05, 0) is 31.0 Å². The highest BCUT2D eigenvalue weighted by atomic mass is 16.5. The Morgan fingerprint density at radius 2 is 2.19 bits per heavy atom. The largest absolute Gasteiger partial charge is 0.469 e. The lowest BCUT2D eigenvalue weighted by molar-refractivity contribution is -0.146. The predicted molar refractivity (Wildman–Crippen MR) is 81.0 cm³/mol. The van der Waals surface area contributed by atoms with E-state index in [0.717, 1.165) is 18.5 Å². The van der Waals surface area contributed by atoms with Crippen molar-refractivity contribution in [3.05, 3.63) is 23.8 Å². The number of nitrogens with two attached hydrogens (primary N) is 1. The lowest BCUT2D eigenvalue weighted by Crippen LogP contribution is -2.42. The molecule has 6 heteroatoms. The number of benzene rings is 1. The van der Waals surface area contributed by atoms with Crippen LogP contribution < -0.4 is 11.1 Å². The molecule has 0 bridgehead atoms. The molecule has 114 valence electrons. The number of ether oxygens (including phenoxy) is 1. The molecule has 1 aliphatic heterocycles. The summed E-state index contributed by atoms with van der Waals surface area (Å²) in [4.78, 5) is 25.8. The second-order valence-corrected chi connectivity index (χ2v) is 5.17. The predicted octanol–water partition coefficient (Wildman–Crippen LogP) is 1.34. The van der Waals surface area contributed by atoms with Gasteiger partial charge in [-0.25, -0.2) is 0 Å². The second kappa shape index (κ2) is 6.47. The molecule has 1 unspecified atom stereocenters. The maximum atomic E-state index is 12.5. The lowest BCUT2D eigenvalue weighted by Gasteiger charge is -2.31. The zero-order chi connectivity index (χ0) is 15.4. The first-order chi connectivity index (χ1) is 10.1. The Balaban J connectivity index is 2.12. The highest BCUT2D eigenvalue weighted by Gasteiger charge is 2.29. The first-order valence-electron chi connectivity index (χ1n) is 7.01. The number of nitrogens with zero attached hydrogens (tertiary/aromatic N) is 1. The van der Waals surface area contributed by atoms with E-state index in [-0.39, 0.29) is 17.8 Å². The molecule has 1 heterocycles. The summed E-state index contributed by atoms with van der Waals surface area (Å²) in [6.45, 7) is 1.05. The molecule has 1 atom stereocenters. The minimum atomic E-state index is -0.252. The summed E-state index contributed by atoms with van der Waals surface area (Å²) in [7, 11) is 3.15. The number of rotatable bonds is 3. The van der Waals surface area contributed by atoms with E-state index in [2.05, 4.69) is 5.32 Å². The first-order valence-corrected chi connectivity index (χ1v) is 7.01. The van der Waals surface area contributed by atoms with Gasteiger partial charge < -0.3 is 20.7 Å². The zero-order valence-corrected chi connectivity index (χ0v) is 12.4. The smallest absolute Gasteiger partial charge is 0.310 e. The summed E-state index contributed by atoms with van der Waals surface area (Å²) >= 11 is 0. The molecule has 1 aromatic carbocycles. The third-order valence-corrected chi connectivity index (χ3v) is 3.81. The monoisotopic (exact) mass is 291 g/mol. The van der Waals surface area contributed by atoms with Gasteiger partial charge in [0.25, 0.3) is 5.91 Å². The van der Waals surface area contributed by atoms with Crippen molar-refractivity contribution in [2.75, 3.05) is 38.3 Å². The lowest BCUT2D eigenvalue weighted by atomic mass is 9.97. The Kier molecular flexibility index (Phi) is 4.67. The SMILES string of the molecule is CNc1ccc(C(=O)N2CCCC(C(=O)OC)C2)cc1N. The van der Waals surface area contributed by atoms with Crippen LogP contribution in [0.25, 0.3) is 0 Å². The number of methoxy groups -OCH3 is 1. The fourth-order valence-corrected chi connectivity index (χ4v) is 2.63. The standard InChI is InChI=1S/C15H21N3O3/c1-17-13-6-5-10(8-12(13)16)14(19)18-7-3-4-11(9-18)15(20)21-2/h5-6,8,11,17H,3-4,7,9,16H2,1-2H3. The van der Waals surface area contributed by atoms with Crippen LogP contribution in [0.15, 0.2) is 18.2 Å². The summed E-state index contributed by atoms with van der Waals surface area (Å²) in [5, 5.41) is 2.96. The normalized spacial score (nSPS) is 18.2. The van der Waals surface area contributed by atoms with E-state index in [1.807, 2.05) is 0 Å². The van der Waals surface area contributed by atoms with Gasteiger partial charge in [0.15, 0.2) is 0 Å². The molecule has 21 heavy (non-hydrogen) atoms. The maximum absolute atomic E-state index is 12.5. The number of hydrogen-bond acceptors (Lipinski definition) is 5. The molecule has 3 N–H and O–H groups in total. The van der Waals surface area contributed by atoms with Crippen LogP contribution in [0, 0.1) is 5.92 Å². The number of amides is 1. The molecule has 0 saturated carbocycles. The molecule has 6 nitrogen and oxygen atoms in total. The quantitative estimate of drug-likeness (QED) is 0.648. The van der Waals surface area contributed by atoms with E-state index in [1.54, 1.807) is 30.1 Å². The van der Waals surface area contributed by atoms with Crippen LogP contribution in [-0.2, 0) is 9.53 Å². The number of nitrogens with one attached hydrogen (secondary N) is 1. The van der Waals surface area contributed by atoms with Crippen molar-refractivity contribution in [1.82, 2.24) is 4.90 Å². The molecular weight excluding hydrogens is 270 g/mol. The minimum absolute atomic E-state index is 0.0991. The summed E-state index contributed by atoms with van der Waals surface area (Å²) in [6.07, 6.45) is 1.56. The van der Waals surface area contributed by atoms with Gasteiger partial charge in [-0.3, -0.25) is 9.59 Å². The summed E-state index contributed by atoms with van der Waals surface area (Å²) < 4.78 is 4.77. The van der Waals surface area contributed by atoms with Crippen molar-refractivity contribution >= 4 is 23.3 Å². The van der Waals surface area contributed by atoms with E-state index < -0.39 is 0 Å². The number of nitrogen functional groups attached to an aromatic ring is 1. The summed E-state index contributed by atoms with van der Waals surface area (Å²) in [5.41, 5.74) is 7.75. The van der Waals surface area contributed by atoms with Crippen molar-refractivity contribution in [2.24, 2.45) is 5.92 Å². The number of anilines is 2. The zero-order valence-electron chi connectivity index (χ0n) is 12.4. The van der Waals surface area contributed by atoms with Crippen molar-refractivity contribution in [1.29, 1.82) is 0 Å². The third-order valence-electron chi connectivity index (χ3n) is 3.81. The van der Waals surface area contributed by atoms with Gasteiger partial charge in [0.05, 0.1) is 24.4 Å². The summed E-state index contributed by atoms with van der Waals surface area (Å²) in [6, 6.07) is 5.19. The van der Waals surface area contributed by atoms with Gasteiger partial charge in [0.1, 0.15) is 0 Å². The van der Waals surface area contributed by atoms with Crippen molar-refractivity contribution in [3.8, 4) is 0 Å². The highest BCUT2D eigenvalue weighted by Crippen LogP contribution is 2.23. The van der Waals surface area contributed by atoms with Crippen LogP contribution in [-0.4, -0.2) is 44.0 Å². The molecule has 1 aromatic rings. The molecular formula is C15H21N3O3. The maximum Gasteiger partial charge on any atom is 0.310 e. The van der Waals surface area contributed by atoms with E-state index >= 15 is 0 Å². The van der Waals surface area contributed by atoms with E-state index in [9.17, 15) is 9.59 Å². The average molecular weight is 291 g/mol. The molecule has 1 fully saturated rings. The minimum Gasteiger partial charge on any atom is -0.469 e. The van der Waals surface area contributed by atoms with Crippen LogP contribution in [0.4, 0.5) is 11.4 Å². The van der Waals surface area contributed by atoms with E-state index in [4.69, 9.17) is 10.5 Å². The van der Waals surface area contributed by atoms with Crippen molar-refractivity contribution in [2.45, 2.75) is 12.8 Å². The van der Waals surface area contributed by atoms with Gasteiger partial charge >= 0.3 is 5.97 Å². The molecule has 0 spiro atoms. The number of carbonyl (C=O) groups excluding carboxylic acids is 2. The fourth-order valence-electron chi connectivity index (χ4n) is 2.63. The first kappa shape index (κ1) is 15.2. The number of hydrogen-bond donors (Lipinski definition) is 2. The number of likely N-dealkylation sites (tertiary alicyclic amines) is 1. The molecule has 1 amide bonds. The van der Waals surface area contributed by atoms with Crippen LogP contribution in [0.2, 0.25) is 0 Å². The van der Waals surface area contributed by atoms with Gasteiger partial charge in [-0.2, -0.15) is 0 Å². The van der Waals surface area contributed by atoms with E-state index in [1.165, 1.54) is 7.11 Å². The Labute approximate surface area is 124 Å². The van der Waals surface area contributed by atoms with Gasteiger partial charge in [-0.1, -0.05) is 0 Å². The Morgan fingerprint density at radius 3 is 2.81 bits per heavy atom. The molecule has 0 aromatic heterocycles. The van der Waals surface area contributed by atoms with Crippen LogP contribution >= 0.6 is 0 Å². The molecule has 1 saturated heterocycles. The van der Waals surface area contributed by atoms with Gasteiger partial charge in [0.2, 0.25) is 0 Å². The molecule has 1 aliphatic rings. The Bertz CT molecular complexity index is 545. The van der Waals surface area contributed by atoms with E-state index in [0.29, 0.717) is 24.3 Å². The third kappa shape index (κ3) is 3.26. The fraction of sp³-hybridized carbons (Fsp3) is 0.467. The van der Waals surface area contributed by atoms with Crippen LogP contribution in [0.5, 0.6) is 0 Å². The number of piperidine rings is 1. The second-order valence-electron chi connectivity index (χ2n) is 5.17. The summed E-state index contributed by atoms with van der Waals surface area (Å²) in [5.74, 6) is -0.586. The molecule has 2 rings (SSSR count). The average Bonchev–Trinajstić information content (AvgIpc) is 2.53. The van der Waals surface area contributed by atoms with Crippen LogP contribution in [0.3, 0.4) is 0 Å². The Morgan fingerprint density at radius 1 is 1.43 bits per heavy atom. The van der Waals surface area contributed by atoms with Crippen molar-refractivity contribution < 1.29 is 14.3 Å². The van der Waals surface area contributed by atoms with Gasteiger partial charge in [0, 0.05) is 25.7 Å². The topological polar surface area (TPSA) is 84.7 Å². The highest BCUT2D eigenvalue weighted by molar-refractivity contribution is 5.96. The number of carbonyl (C=O) groups is 2. The van der Waals surface area contributed by atoms with Gasteiger partial charge in [-0.15, -0.1) is 0 Å².